The molecule has 0 aromatic heterocycles. The van der Waals surface area contributed by atoms with Crippen molar-refractivity contribution in [1.82, 2.24) is 0 Å². The lowest BCUT2D eigenvalue weighted by atomic mass is 10.2. The second-order valence-corrected chi connectivity index (χ2v) is 6.46. The van der Waals surface area contributed by atoms with Crippen molar-refractivity contribution in [2.45, 2.75) is 12.8 Å². The molecule has 1 saturated heterocycles. The van der Waals surface area contributed by atoms with E-state index < -0.39 is 5.97 Å². The smallest absolute Gasteiger partial charge is 0.363 e. The number of carbonyl (C=O) groups is 2. The van der Waals surface area contributed by atoms with Gasteiger partial charge in [0.05, 0.1) is 0 Å². The molecular formula is C20H15ClN2O3. The first-order valence-corrected chi connectivity index (χ1v) is 8.67. The Hall–Kier alpha value is -2.92. The van der Waals surface area contributed by atoms with Crippen LogP contribution in [-0.4, -0.2) is 24.3 Å². The molecule has 4 rings (SSSR count). The molecule has 1 amide bonds. The predicted molar refractivity (Wildman–Crippen MR) is 100 cm³/mol. The zero-order valence-electron chi connectivity index (χ0n) is 13.8. The highest BCUT2D eigenvalue weighted by Gasteiger charge is 2.25. The third kappa shape index (κ3) is 3.13. The van der Waals surface area contributed by atoms with E-state index in [1.165, 1.54) is 0 Å². The first-order chi connectivity index (χ1) is 12.6. The Labute approximate surface area is 155 Å². The number of aliphatic imine (C=N–C) groups is 1. The summed E-state index contributed by atoms with van der Waals surface area (Å²) in [6.45, 7) is 0.735. The van der Waals surface area contributed by atoms with E-state index in [4.69, 9.17) is 16.3 Å². The normalized spacial score (nSPS) is 18.4. The van der Waals surface area contributed by atoms with Gasteiger partial charge in [0.1, 0.15) is 0 Å². The lowest BCUT2D eigenvalue weighted by Gasteiger charge is -2.15. The molecular weight excluding hydrogens is 352 g/mol. The summed E-state index contributed by atoms with van der Waals surface area (Å²) in [5.74, 6) is -0.140. The van der Waals surface area contributed by atoms with Gasteiger partial charge in [-0.1, -0.05) is 29.8 Å². The summed E-state index contributed by atoms with van der Waals surface area (Å²) in [6.07, 6.45) is 3.07. The molecule has 2 aromatic carbocycles. The van der Waals surface area contributed by atoms with Gasteiger partial charge in [0.2, 0.25) is 11.8 Å². The zero-order chi connectivity index (χ0) is 18.1. The second kappa shape index (κ2) is 6.77. The summed E-state index contributed by atoms with van der Waals surface area (Å²) >= 11 is 6.12. The van der Waals surface area contributed by atoms with E-state index >= 15 is 0 Å². The molecule has 0 atom stereocenters. The van der Waals surface area contributed by atoms with E-state index in [0.29, 0.717) is 22.6 Å². The topological polar surface area (TPSA) is 59.0 Å². The fourth-order valence-corrected chi connectivity index (χ4v) is 3.17. The van der Waals surface area contributed by atoms with Gasteiger partial charge in [-0.2, -0.15) is 0 Å². The van der Waals surface area contributed by atoms with E-state index in [1.54, 1.807) is 35.2 Å². The Morgan fingerprint density at radius 1 is 1.08 bits per heavy atom. The fourth-order valence-electron chi connectivity index (χ4n) is 2.98. The minimum atomic E-state index is -0.515. The fraction of sp³-hybridized carbons (Fsp3) is 0.150. The number of hydrogen-bond acceptors (Lipinski definition) is 4. The lowest BCUT2D eigenvalue weighted by molar-refractivity contribution is -0.130. The van der Waals surface area contributed by atoms with Crippen LogP contribution in [0.25, 0.3) is 6.08 Å². The maximum absolute atomic E-state index is 12.1. The van der Waals surface area contributed by atoms with Crippen molar-refractivity contribution in [3.63, 3.8) is 0 Å². The summed E-state index contributed by atoms with van der Waals surface area (Å²) < 4.78 is 5.28. The van der Waals surface area contributed by atoms with Gasteiger partial charge in [0.25, 0.3) is 0 Å². The van der Waals surface area contributed by atoms with E-state index in [-0.39, 0.29) is 17.5 Å². The van der Waals surface area contributed by atoms with Crippen LogP contribution in [0.1, 0.15) is 24.0 Å². The molecule has 2 heterocycles. The van der Waals surface area contributed by atoms with Gasteiger partial charge in [-0.25, -0.2) is 9.79 Å². The third-order valence-electron chi connectivity index (χ3n) is 4.32. The van der Waals surface area contributed by atoms with Gasteiger partial charge in [0.15, 0.2) is 5.70 Å². The molecule has 0 N–H and O–H groups in total. The second-order valence-electron chi connectivity index (χ2n) is 6.05. The van der Waals surface area contributed by atoms with Crippen molar-refractivity contribution in [3.8, 4) is 0 Å². The Kier molecular flexibility index (Phi) is 4.31. The molecule has 130 valence electrons. The number of halogens is 1. The predicted octanol–water partition coefficient (Wildman–Crippen LogP) is 3.81. The van der Waals surface area contributed by atoms with Gasteiger partial charge < -0.3 is 9.64 Å². The summed E-state index contributed by atoms with van der Waals surface area (Å²) in [7, 11) is 0. The van der Waals surface area contributed by atoms with Crippen LogP contribution in [0.3, 0.4) is 0 Å². The molecule has 0 saturated carbocycles. The highest BCUT2D eigenvalue weighted by atomic mass is 35.5. The van der Waals surface area contributed by atoms with Crippen molar-refractivity contribution in [2.24, 2.45) is 4.99 Å². The zero-order valence-corrected chi connectivity index (χ0v) is 14.6. The minimum Gasteiger partial charge on any atom is -0.402 e. The highest BCUT2D eigenvalue weighted by Crippen LogP contribution is 2.25. The number of carbonyl (C=O) groups excluding carboxylic acids is 2. The van der Waals surface area contributed by atoms with Crippen LogP contribution in [-0.2, 0) is 14.3 Å². The Bertz CT molecular complexity index is 948. The molecule has 6 heteroatoms. The van der Waals surface area contributed by atoms with Crippen LogP contribution >= 0.6 is 11.6 Å². The number of nitrogens with zero attached hydrogens (tertiary/aromatic N) is 2. The van der Waals surface area contributed by atoms with Gasteiger partial charge in [-0.05, 0) is 48.4 Å². The maximum Gasteiger partial charge on any atom is 0.363 e. The van der Waals surface area contributed by atoms with Crippen molar-refractivity contribution in [3.05, 3.63) is 70.4 Å². The van der Waals surface area contributed by atoms with E-state index in [9.17, 15) is 9.59 Å². The first kappa shape index (κ1) is 16.5. The Morgan fingerprint density at radius 3 is 2.54 bits per heavy atom. The molecule has 26 heavy (non-hydrogen) atoms. The number of cyclic esters (lactones) is 1. The van der Waals surface area contributed by atoms with Crippen LogP contribution in [0.15, 0.2) is 59.2 Å². The Morgan fingerprint density at radius 2 is 1.85 bits per heavy atom. The van der Waals surface area contributed by atoms with E-state index in [1.807, 2.05) is 24.3 Å². The van der Waals surface area contributed by atoms with Gasteiger partial charge in [-0.3, -0.25) is 4.79 Å². The molecule has 0 spiro atoms. The van der Waals surface area contributed by atoms with Crippen molar-refractivity contribution >= 4 is 41.1 Å². The summed E-state index contributed by atoms with van der Waals surface area (Å²) in [6, 6.07) is 14.5. The van der Waals surface area contributed by atoms with Crippen LogP contribution < -0.4 is 4.90 Å². The average Bonchev–Trinajstić information content (AvgIpc) is 3.23. The number of ether oxygens (including phenoxy) is 1. The molecule has 0 radical (unpaired) electrons. The SMILES string of the molecule is O=C1OC(c2ccc(N3CCCC3=O)cc2)=NC1=Cc1ccccc1Cl. The molecule has 2 aliphatic heterocycles. The number of esters is 1. The van der Waals surface area contributed by atoms with E-state index in [2.05, 4.69) is 4.99 Å². The summed E-state index contributed by atoms with van der Waals surface area (Å²) in [5.41, 5.74) is 2.42. The quantitative estimate of drug-likeness (QED) is 0.613. The number of rotatable bonds is 3. The first-order valence-electron chi connectivity index (χ1n) is 8.30. The van der Waals surface area contributed by atoms with Crippen molar-refractivity contribution in [1.29, 1.82) is 0 Å². The molecule has 2 aromatic rings. The lowest BCUT2D eigenvalue weighted by Crippen LogP contribution is -2.23. The minimum absolute atomic E-state index is 0.132. The van der Waals surface area contributed by atoms with Crippen LogP contribution in [0.4, 0.5) is 5.69 Å². The molecule has 1 fully saturated rings. The maximum atomic E-state index is 12.1. The third-order valence-corrected chi connectivity index (χ3v) is 4.66. The highest BCUT2D eigenvalue weighted by molar-refractivity contribution is 6.32. The Balaban J connectivity index is 1.59. The van der Waals surface area contributed by atoms with Gasteiger partial charge >= 0.3 is 5.97 Å². The standard InChI is InChI=1S/C20H15ClN2O3/c21-16-5-2-1-4-14(16)12-17-20(25)26-19(22-17)13-7-9-15(10-8-13)23-11-3-6-18(23)24/h1-2,4-5,7-10,12H,3,6,11H2. The molecule has 0 aliphatic carbocycles. The summed E-state index contributed by atoms with van der Waals surface area (Å²) in [4.78, 5) is 30.0. The van der Waals surface area contributed by atoms with Crippen LogP contribution in [0.5, 0.6) is 0 Å². The van der Waals surface area contributed by atoms with Crippen LogP contribution in [0.2, 0.25) is 5.02 Å². The van der Waals surface area contributed by atoms with Crippen LogP contribution in [0, 0.1) is 0 Å². The number of anilines is 1. The summed E-state index contributed by atoms with van der Waals surface area (Å²) in [5, 5.41) is 0.538. The molecule has 0 bridgehead atoms. The average molecular weight is 367 g/mol. The number of hydrogen-bond donors (Lipinski definition) is 0. The molecule has 5 nitrogen and oxygen atoms in total. The number of amides is 1. The van der Waals surface area contributed by atoms with Crippen molar-refractivity contribution in [2.75, 3.05) is 11.4 Å². The van der Waals surface area contributed by atoms with Crippen molar-refractivity contribution < 1.29 is 14.3 Å². The van der Waals surface area contributed by atoms with Gasteiger partial charge in [-0.15, -0.1) is 0 Å². The molecule has 0 unspecified atom stereocenters. The number of benzene rings is 2. The van der Waals surface area contributed by atoms with E-state index in [0.717, 1.165) is 18.7 Å². The molecule has 2 aliphatic rings. The van der Waals surface area contributed by atoms with Gasteiger partial charge in [0, 0.05) is 29.2 Å². The largest absolute Gasteiger partial charge is 0.402 e. The monoisotopic (exact) mass is 366 g/mol.